The number of aromatic nitrogens is 3. The zero-order valence-electron chi connectivity index (χ0n) is 11.4. The summed E-state index contributed by atoms with van der Waals surface area (Å²) < 4.78 is 7.90. The van der Waals surface area contributed by atoms with Gasteiger partial charge in [-0.1, -0.05) is 12.1 Å². The van der Waals surface area contributed by atoms with E-state index >= 15 is 0 Å². The second-order valence-electron chi connectivity index (χ2n) is 5.28. The summed E-state index contributed by atoms with van der Waals surface area (Å²) in [4.78, 5) is 11.3. The number of fused-ring (bicyclic) bond motifs is 2. The minimum absolute atomic E-state index is 0.741. The van der Waals surface area contributed by atoms with Crippen molar-refractivity contribution in [3.63, 3.8) is 0 Å². The van der Waals surface area contributed by atoms with Crippen LogP contribution in [-0.4, -0.2) is 26.0 Å². The van der Waals surface area contributed by atoms with Crippen molar-refractivity contribution in [1.82, 2.24) is 19.4 Å². The summed E-state index contributed by atoms with van der Waals surface area (Å²) in [6.07, 6.45) is 2.93. The van der Waals surface area contributed by atoms with E-state index in [9.17, 15) is 0 Å². The minimum Gasteiger partial charge on any atom is -0.439 e. The lowest BCUT2D eigenvalue weighted by Crippen LogP contribution is -2.30. The van der Waals surface area contributed by atoms with Crippen LogP contribution in [0.25, 0.3) is 11.1 Å². The highest BCUT2D eigenvalue weighted by Gasteiger charge is 2.21. The van der Waals surface area contributed by atoms with Crippen LogP contribution in [0.3, 0.4) is 0 Å². The van der Waals surface area contributed by atoms with Crippen LogP contribution in [0.1, 0.15) is 17.3 Å². The Morgan fingerprint density at radius 2 is 2.20 bits per heavy atom. The number of rotatable bonds is 2. The van der Waals surface area contributed by atoms with E-state index in [0.29, 0.717) is 0 Å². The number of oxazole rings is 1. The third kappa shape index (κ3) is 1.91. The van der Waals surface area contributed by atoms with Crippen LogP contribution in [0.2, 0.25) is 0 Å². The third-order valence-corrected chi connectivity index (χ3v) is 3.88. The Hall–Kier alpha value is -2.14. The number of hydrogen-bond donors (Lipinski definition) is 0. The first-order valence-corrected chi connectivity index (χ1v) is 6.85. The van der Waals surface area contributed by atoms with Crippen LogP contribution in [0, 0.1) is 0 Å². The average molecular weight is 268 g/mol. The fraction of sp³-hybridized carbons (Fsp3) is 0.333. The SMILES string of the molecule is Cn1cnc2c1CCN(Cc1nc3ccccc3o1)C2. The highest BCUT2D eigenvalue weighted by molar-refractivity contribution is 5.72. The minimum atomic E-state index is 0.741. The highest BCUT2D eigenvalue weighted by atomic mass is 16.3. The van der Waals surface area contributed by atoms with Gasteiger partial charge in [0.25, 0.3) is 0 Å². The molecule has 0 atom stereocenters. The molecule has 5 heteroatoms. The molecule has 3 aromatic rings. The van der Waals surface area contributed by atoms with Gasteiger partial charge in [0.05, 0.1) is 18.6 Å². The van der Waals surface area contributed by atoms with Crippen molar-refractivity contribution in [2.45, 2.75) is 19.5 Å². The van der Waals surface area contributed by atoms with Crippen LogP contribution < -0.4 is 0 Å². The average Bonchev–Trinajstić information content (AvgIpc) is 3.02. The molecule has 0 saturated carbocycles. The Morgan fingerprint density at radius 3 is 3.10 bits per heavy atom. The molecule has 1 aliphatic rings. The first-order valence-electron chi connectivity index (χ1n) is 6.85. The van der Waals surface area contributed by atoms with Gasteiger partial charge >= 0.3 is 0 Å². The Bertz CT molecular complexity index is 725. The molecule has 0 spiro atoms. The number of nitrogens with zero attached hydrogens (tertiary/aromatic N) is 4. The Labute approximate surface area is 116 Å². The van der Waals surface area contributed by atoms with E-state index in [1.165, 1.54) is 11.4 Å². The van der Waals surface area contributed by atoms with Gasteiger partial charge in [-0.2, -0.15) is 0 Å². The Kier molecular flexibility index (Phi) is 2.60. The molecule has 0 N–H and O–H groups in total. The van der Waals surface area contributed by atoms with Crippen molar-refractivity contribution < 1.29 is 4.42 Å². The molecule has 1 aliphatic heterocycles. The van der Waals surface area contributed by atoms with Crippen molar-refractivity contribution in [3.8, 4) is 0 Å². The van der Waals surface area contributed by atoms with E-state index < -0.39 is 0 Å². The lowest BCUT2D eigenvalue weighted by atomic mass is 10.1. The molecule has 102 valence electrons. The van der Waals surface area contributed by atoms with E-state index in [1.807, 2.05) is 30.6 Å². The van der Waals surface area contributed by atoms with E-state index in [2.05, 4.69) is 26.5 Å². The normalized spacial score (nSPS) is 15.7. The van der Waals surface area contributed by atoms with Gasteiger partial charge < -0.3 is 8.98 Å². The lowest BCUT2D eigenvalue weighted by molar-refractivity contribution is 0.219. The molecule has 0 unspecified atom stereocenters. The van der Waals surface area contributed by atoms with Crippen LogP contribution in [0.5, 0.6) is 0 Å². The maximum absolute atomic E-state index is 5.79. The summed E-state index contributed by atoms with van der Waals surface area (Å²) >= 11 is 0. The topological polar surface area (TPSA) is 47.1 Å². The second-order valence-corrected chi connectivity index (χ2v) is 5.28. The first-order chi connectivity index (χ1) is 9.79. The maximum atomic E-state index is 5.79. The van der Waals surface area contributed by atoms with Gasteiger partial charge in [0.2, 0.25) is 5.89 Å². The Morgan fingerprint density at radius 1 is 1.30 bits per heavy atom. The van der Waals surface area contributed by atoms with Gasteiger partial charge in [-0.3, -0.25) is 4.90 Å². The van der Waals surface area contributed by atoms with Gasteiger partial charge in [-0.15, -0.1) is 0 Å². The van der Waals surface area contributed by atoms with Crippen molar-refractivity contribution in [2.75, 3.05) is 6.54 Å². The van der Waals surface area contributed by atoms with Crippen LogP contribution in [0.4, 0.5) is 0 Å². The first kappa shape index (κ1) is 11.7. The smallest absolute Gasteiger partial charge is 0.209 e. The fourth-order valence-corrected chi connectivity index (χ4v) is 2.83. The molecule has 0 bridgehead atoms. The molecule has 5 nitrogen and oxygen atoms in total. The number of benzene rings is 1. The van der Waals surface area contributed by atoms with Gasteiger partial charge in [0, 0.05) is 32.3 Å². The highest BCUT2D eigenvalue weighted by Crippen LogP contribution is 2.20. The molecule has 0 amide bonds. The van der Waals surface area contributed by atoms with E-state index in [4.69, 9.17) is 4.42 Å². The van der Waals surface area contributed by atoms with Gasteiger partial charge in [0.1, 0.15) is 5.52 Å². The summed E-state index contributed by atoms with van der Waals surface area (Å²) in [6.45, 7) is 2.63. The standard InChI is InChI=1S/C15H16N4O/c1-18-10-16-12-8-19(7-6-13(12)18)9-15-17-11-4-2-3-5-14(11)20-15/h2-5,10H,6-9H2,1H3. The second kappa shape index (κ2) is 4.45. The zero-order valence-corrected chi connectivity index (χ0v) is 11.4. The molecule has 0 fully saturated rings. The quantitative estimate of drug-likeness (QED) is 0.714. The molecular weight excluding hydrogens is 252 g/mol. The largest absolute Gasteiger partial charge is 0.439 e. The van der Waals surface area contributed by atoms with E-state index in [-0.39, 0.29) is 0 Å². The summed E-state index contributed by atoms with van der Waals surface area (Å²) in [5.74, 6) is 0.783. The van der Waals surface area contributed by atoms with Crippen molar-refractivity contribution in [1.29, 1.82) is 0 Å². The third-order valence-electron chi connectivity index (χ3n) is 3.88. The number of para-hydroxylation sites is 2. The van der Waals surface area contributed by atoms with Crippen molar-refractivity contribution in [3.05, 3.63) is 47.9 Å². The predicted molar refractivity (Wildman–Crippen MR) is 75.0 cm³/mol. The maximum Gasteiger partial charge on any atom is 0.209 e. The molecule has 0 saturated heterocycles. The summed E-state index contributed by atoms with van der Waals surface area (Å²) in [6, 6.07) is 7.89. The molecule has 3 heterocycles. The van der Waals surface area contributed by atoms with Crippen molar-refractivity contribution >= 4 is 11.1 Å². The molecule has 1 aromatic carbocycles. The fourth-order valence-electron chi connectivity index (χ4n) is 2.83. The molecular formula is C15H16N4O. The molecule has 20 heavy (non-hydrogen) atoms. The molecule has 0 aliphatic carbocycles. The van der Waals surface area contributed by atoms with Crippen molar-refractivity contribution in [2.24, 2.45) is 7.05 Å². The number of aryl methyl sites for hydroxylation is 1. The summed E-state index contributed by atoms with van der Waals surface area (Å²) in [5, 5.41) is 0. The van der Waals surface area contributed by atoms with E-state index in [0.717, 1.165) is 43.0 Å². The van der Waals surface area contributed by atoms with Gasteiger partial charge in [-0.05, 0) is 12.1 Å². The summed E-state index contributed by atoms with van der Waals surface area (Å²) in [7, 11) is 2.06. The van der Waals surface area contributed by atoms with Crippen LogP contribution in [-0.2, 0) is 26.6 Å². The molecule has 4 rings (SSSR count). The van der Waals surface area contributed by atoms with Gasteiger partial charge in [-0.25, -0.2) is 9.97 Å². The zero-order chi connectivity index (χ0) is 13.5. The molecule has 0 radical (unpaired) electrons. The van der Waals surface area contributed by atoms with Crippen LogP contribution in [0.15, 0.2) is 35.0 Å². The monoisotopic (exact) mass is 268 g/mol. The lowest BCUT2D eigenvalue weighted by Gasteiger charge is -2.25. The molecule has 2 aromatic heterocycles. The van der Waals surface area contributed by atoms with Gasteiger partial charge in [0.15, 0.2) is 5.58 Å². The predicted octanol–water partition coefficient (Wildman–Crippen LogP) is 2.12. The number of hydrogen-bond acceptors (Lipinski definition) is 4. The Balaban J connectivity index is 1.55. The number of imidazole rings is 1. The van der Waals surface area contributed by atoms with E-state index in [1.54, 1.807) is 0 Å². The summed E-state index contributed by atoms with van der Waals surface area (Å²) in [5.41, 5.74) is 4.31. The van der Waals surface area contributed by atoms with Crippen LogP contribution >= 0.6 is 0 Å².